The molecule has 0 aliphatic rings. The van der Waals surface area contributed by atoms with Crippen LogP contribution >= 0.6 is 11.8 Å². The van der Waals surface area contributed by atoms with E-state index in [2.05, 4.69) is 26.1 Å². The first kappa shape index (κ1) is 19.5. The number of amides is 2. The van der Waals surface area contributed by atoms with Gasteiger partial charge in [0.05, 0.1) is 23.3 Å². The highest BCUT2D eigenvalue weighted by Gasteiger charge is 2.12. The van der Waals surface area contributed by atoms with Crippen LogP contribution in [0, 0.1) is 12.3 Å². The number of rotatable bonds is 7. The molecule has 1 heterocycles. The van der Waals surface area contributed by atoms with Gasteiger partial charge in [-0.15, -0.1) is 6.42 Å². The van der Waals surface area contributed by atoms with Crippen molar-refractivity contribution in [3.05, 3.63) is 54.1 Å². The molecule has 0 unspecified atom stereocenters. The fourth-order valence-electron chi connectivity index (χ4n) is 2.72. The summed E-state index contributed by atoms with van der Waals surface area (Å²) in [6, 6.07) is 14.8. The number of benzene rings is 2. The number of aryl methyl sites for hydroxylation is 1. The van der Waals surface area contributed by atoms with Gasteiger partial charge < -0.3 is 15.2 Å². The van der Waals surface area contributed by atoms with Crippen LogP contribution in [0.3, 0.4) is 0 Å². The lowest BCUT2D eigenvalue weighted by Crippen LogP contribution is -2.33. The first-order chi connectivity index (χ1) is 13.6. The van der Waals surface area contributed by atoms with Gasteiger partial charge in [0.1, 0.15) is 0 Å². The normalized spacial score (nSPS) is 10.4. The summed E-state index contributed by atoms with van der Waals surface area (Å²) >= 11 is 1.35. The summed E-state index contributed by atoms with van der Waals surface area (Å²) in [7, 11) is 0. The number of aromatic nitrogens is 2. The highest BCUT2D eigenvalue weighted by atomic mass is 32.2. The van der Waals surface area contributed by atoms with E-state index in [1.165, 1.54) is 11.8 Å². The second-order valence-corrected chi connectivity index (χ2v) is 6.91. The summed E-state index contributed by atoms with van der Waals surface area (Å²) < 4.78 is 2.07. The maximum Gasteiger partial charge on any atom is 0.243 e. The minimum Gasteiger partial charge on any atom is -0.346 e. The van der Waals surface area contributed by atoms with Crippen LogP contribution in [0.1, 0.15) is 12.5 Å². The summed E-state index contributed by atoms with van der Waals surface area (Å²) in [5.74, 6) is 2.15. The van der Waals surface area contributed by atoms with E-state index in [9.17, 15) is 9.59 Å². The molecule has 0 atom stereocenters. The highest BCUT2D eigenvalue weighted by Crippen LogP contribution is 2.23. The van der Waals surface area contributed by atoms with E-state index in [0.717, 1.165) is 22.7 Å². The van der Waals surface area contributed by atoms with Crippen molar-refractivity contribution >= 4 is 40.3 Å². The lowest BCUT2D eigenvalue weighted by Gasteiger charge is -2.08. The Kier molecular flexibility index (Phi) is 6.35. The maximum atomic E-state index is 12.1. The summed E-state index contributed by atoms with van der Waals surface area (Å²) in [6.45, 7) is 2.70. The predicted octanol–water partition coefficient (Wildman–Crippen LogP) is 2.88. The number of anilines is 1. The lowest BCUT2D eigenvalue weighted by atomic mass is 10.2. The average molecular weight is 392 g/mol. The van der Waals surface area contributed by atoms with Crippen molar-refractivity contribution in [3.63, 3.8) is 0 Å². The lowest BCUT2D eigenvalue weighted by molar-refractivity contribution is -0.122. The number of hydrogen-bond acceptors (Lipinski definition) is 4. The Balaban J connectivity index is 1.51. The van der Waals surface area contributed by atoms with Gasteiger partial charge in [-0.1, -0.05) is 35.9 Å². The molecule has 28 heavy (non-hydrogen) atoms. The molecule has 0 radical (unpaired) electrons. The van der Waals surface area contributed by atoms with Gasteiger partial charge in [-0.2, -0.15) is 0 Å². The fraction of sp³-hybridized carbons (Fsp3) is 0.190. The Morgan fingerprint density at radius 3 is 2.79 bits per heavy atom. The van der Waals surface area contributed by atoms with Crippen LogP contribution in [-0.2, 0) is 16.1 Å². The number of fused-ring (bicyclic) bond motifs is 1. The third kappa shape index (κ3) is 4.72. The summed E-state index contributed by atoms with van der Waals surface area (Å²) in [5.41, 5.74) is 3.22. The quantitative estimate of drug-likeness (QED) is 0.479. The first-order valence-electron chi connectivity index (χ1n) is 8.82. The molecule has 2 aromatic carbocycles. The average Bonchev–Trinajstić information content (AvgIpc) is 3.08. The van der Waals surface area contributed by atoms with Crippen molar-refractivity contribution < 1.29 is 9.59 Å². The number of imidazole rings is 1. The molecule has 2 N–H and O–H groups in total. The summed E-state index contributed by atoms with van der Waals surface area (Å²) in [5, 5.41) is 6.12. The molecule has 7 heteroatoms. The monoisotopic (exact) mass is 392 g/mol. The number of terminal acetylenes is 1. The zero-order valence-corrected chi connectivity index (χ0v) is 16.3. The van der Waals surface area contributed by atoms with Crippen molar-refractivity contribution in [3.8, 4) is 12.3 Å². The molecule has 6 nitrogen and oxygen atoms in total. The molecule has 0 bridgehead atoms. The molecule has 142 valence electrons. The van der Waals surface area contributed by atoms with Crippen molar-refractivity contribution in [2.75, 3.05) is 17.6 Å². The zero-order valence-electron chi connectivity index (χ0n) is 15.4. The van der Waals surface area contributed by atoms with Gasteiger partial charge in [0.15, 0.2) is 5.16 Å². The van der Waals surface area contributed by atoms with Crippen molar-refractivity contribution in [1.82, 2.24) is 14.9 Å². The molecule has 0 spiro atoms. The zero-order chi connectivity index (χ0) is 19.9. The number of hydrogen-bond donors (Lipinski definition) is 2. The number of thioether (sulfide) groups is 1. The number of nitrogens with zero attached hydrogens (tertiary/aromatic N) is 2. The maximum absolute atomic E-state index is 12.1. The molecule has 2 amide bonds. The van der Waals surface area contributed by atoms with Gasteiger partial charge >= 0.3 is 0 Å². The van der Waals surface area contributed by atoms with Crippen LogP contribution in [0.25, 0.3) is 11.0 Å². The summed E-state index contributed by atoms with van der Waals surface area (Å²) in [4.78, 5) is 28.7. The molecule has 0 saturated heterocycles. The van der Waals surface area contributed by atoms with E-state index in [1.807, 2.05) is 31.2 Å². The molecule has 1 aromatic heterocycles. The Hall–Kier alpha value is -3.24. The van der Waals surface area contributed by atoms with E-state index < -0.39 is 0 Å². The van der Waals surface area contributed by atoms with Crippen LogP contribution in [0.4, 0.5) is 5.69 Å². The van der Waals surface area contributed by atoms with Crippen molar-refractivity contribution in [1.29, 1.82) is 0 Å². The Morgan fingerprint density at radius 1 is 1.18 bits per heavy atom. The van der Waals surface area contributed by atoms with Crippen molar-refractivity contribution in [2.45, 2.75) is 18.6 Å². The van der Waals surface area contributed by atoms with E-state index in [0.29, 0.717) is 11.3 Å². The van der Waals surface area contributed by atoms with Gasteiger partial charge in [-0.05, 0) is 37.3 Å². The number of carbonyl (C=O) groups excluding carboxylic acids is 2. The molecule has 0 aliphatic heterocycles. The Labute approximate surface area is 167 Å². The standard InChI is InChI=1S/C21H20N4O2S/c1-3-15-8-7-9-16(12-15)23-19(26)13-22-20(27)14-28-21-24-17-10-5-6-11-18(17)25(21)4-2/h1,5-12H,4,13-14H2,2H3,(H,22,27)(H,23,26). The molecule has 0 fully saturated rings. The molecule has 0 saturated carbocycles. The topological polar surface area (TPSA) is 76.0 Å². The number of carbonyl (C=O) groups is 2. The SMILES string of the molecule is C#Cc1cccc(NC(=O)CNC(=O)CSc2nc3ccccc3n2CC)c1. The fourth-order valence-corrected chi connectivity index (χ4v) is 3.63. The number of nitrogens with one attached hydrogen (secondary N) is 2. The van der Waals surface area contributed by atoms with E-state index in [4.69, 9.17) is 6.42 Å². The summed E-state index contributed by atoms with van der Waals surface area (Å²) in [6.07, 6.45) is 5.35. The predicted molar refractivity (Wildman–Crippen MR) is 112 cm³/mol. The minimum absolute atomic E-state index is 0.107. The van der Waals surface area contributed by atoms with Crippen LogP contribution in [0.2, 0.25) is 0 Å². The highest BCUT2D eigenvalue weighted by molar-refractivity contribution is 7.99. The molecular weight excluding hydrogens is 372 g/mol. The molecule has 3 rings (SSSR count). The van der Waals surface area contributed by atoms with Crippen LogP contribution < -0.4 is 10.6 Å². The van der Waals surface area contributed by atoms with Gasteiger partial charge in [0, 0.05) is 17.8 Å². The van der Waals surface area contributed by atoms with Gasteiger partial charge in [-0.3, -0.25) is 9.59 Å². The second kappa shape index (κ2) is 9.11. The van der Waals surface area contributed by atoms with Crippen LogP contribution in [0.15, 0.2) is 53.7 Å². The van der Waals surface area contributed by atoms with Gasteiger partial charge in [0.2, 0.25) is 11.8 Å². The Morgan fingerprint density at radius 2 is 2.00 bits per heavy atom. The smallest absolute Gasteiger partial charge is 0.243 e. The van der Waals surface area contributed by atoms with Crippen LogP contribution in [-0.4, -0.2) is 33.7 Å². The molecular formula is C21H20N4O2S. The third-order valence-corrected chi connectivity index (χ3v) is 5.00. The van der Waals surface area contributed by atoms with E-state index in [-0.39, 0.29) is 24.1 Å². The molecule has 0 aliphatic carbocycles. The van der Waals surface area contributed by atoms with Gasteiger partial charge in [-0.25, -0.2) is 4.98 Å². The Bertz CT molecular complexity index is 1050. The molecule has 3 aromatic rings. The van der Waals surface area contributed by atoms with Crippen molar-refractivity contribution in [2.24, 2.45) is 0 Å². The van der Waals surface area contributed by atoms with E-state index >= 15 is 0 Å². The second-order valence-electron chi connectivity index (χ2n) is 5.97. The largest absolute Gasteiger partial charge is 0.346 e. The number of para-hydroxylation sites is 2. The minimum atomic E-state index is -0.312. The van der Waals surface area contributed by atoms with Gasteiger partial charge in [0.25, 0.3) is 0 Å². The van der Waals surface area contributed by atoms with Crippen LogP contribution in [0.5, 0.6) is 0 Å². The third-order valence-electron chi connectivity index (χ3n) is 4.03. The van der Waals surface area contributed by atoms with E-state index in [1.54, 1.807) is 24.3 Å². The first-order valence-corrected chi connectivity index (χ1v) is 9.80.